The van der Waals surface area contributed by atoms with Crippen molar-refractivity contribution in [1.82, 2.24) is 24.4 Å². The summed E-state index contributed by atoms with van der Waals surface area (Å²) in [6.07, 6.45) is -3.71. The molecule has 200 valence electrons. The number of aromatic nitrogens is 4. The normalized spacial score (nSPS) is 17.3. The molecule has 2 atom stereocenters. The summed E-state index contributed by atoms with van der Waals surface area (Å²) >= 11 is 0. The van der Waals surface area contributed by atoms with E-state index in [0.717, 1.165) is 12.3 Å². The smallest absolute Gasteiger partial charge is 0.349 e. The van der Waals surface area contributed by atoms with E-state index in [9.17, 15) is 27.6 Å². The van der Waals surface area contributed by atoms with Crippen molar-refractivity contribution >= 4 is 16.9 Å². The van der Waals surface area contributed by atoms with E-state index in [1.807, 2.05) is 17.9 Å². The van der Waals surface area contributed by atoms with Crippen LogP contribution in [0.25, 0.3) is 11.0 Å². The number of rotatable bonds is 4. The summed E-state index contributed by atoms with van der Waals surface area (Å²) in [5, 5.41) is 9.35. The number of pyridine rings is 2. The van der Waals surface area contributed by atoms with E-state index in [0.29, 0.717) is 47.7 Å². The van der Waals surface area contributed by atoms with Crippen molar-refractivity contribution in [3.63, 3.8) is 0 Å². The number of hydrogen-bond acceptors (Lipinski definition) is 7. The van der Waals surface area contributed by atoms with Crippen LogP contribution >= 0.6 is 0 Å². The Balaban J connectivity index is 1.50. The Labute approximate surface area is 220 Å². The van der Waals surface area contributed by atoms with Gasteiger partial charge in [0.1, 0.15) is 23.1 Å². The second-order valence-corrected chi connectivity index (χ2v) is 9.41. The van der Waals surface area contributed by atoms with Crippen LogP contribution in [0.2, 0.25) is 0 Å². The molecule has 8 nitrogen and oxygen atoms in total. The lowest BCUT2D eigenvalue weighted by Crippen LogP contribution is -2.53. The molecule has 1 aromatic carbocycles. The van der Waals surface area contributed by atoms with Gasteiger partial charge in [0.05, 0.1) is 22.8 Å². The number of halogens is 4. The number of benzene rings is 1. The minimum absolute atomic E-state index is 0.195. The first-order valence-corrected chi connectivity index (χ1v) is 12.1. The summed E-state index contributed by atoms with van der Waals surface area (Å²) < 4.78 is 54.6. The molecular formula is C27H23F4N7O. The van der Waals surface area contributed by atoms with Crippen molar-refractivity contribution in [3.05, 3.63) is 93.5 Å². The highest BCUT2D eigenvalue weighted by atomic mass is 19.4. The molecule has 5 rings (SSSR count). The fourth-order valence-electron chi connectivity index (χ4n) is 4.95. The van der Waals surface area contributed by atoms with Crippen LogP contribution in [0, 0.1) is 17.1 Å². The maximum Gasteiger partial charge on any atom is 0.417 e. The van der Waals surface area contributed by atoms with E-state index in [4.69, 9.17) is 0 Å². The molecule has 3 aromatic heterocycles. The monoisotopic (exact) mass is 537 g/mol. The molecule has 0 saturated carbocycles. The van der Waals surface area contributed by atoms with E-state index < -0.39 is 29.3 Å². The minimum Gasteiger partial charge on any atom is -0.349 e. The molecule has 0 aliphatic carbocycles. The Hall–Kier alpha value is -4.37. The molecule has 12 heteroatoms. The standard InChI is InChI=1S/C27H23F4N7O/c1-16-15-37(11-12-38(16)25-23-22(36(2)26(39)35-25)10-8-20(13-32)34-23)24(17-3-6-19(28)7-4-17)21-9-5-18(14-33-21)27(29,30)31/h3-10,14,16,24H,11-12,15H2,1-2H3. The minimum atomic E-state index is -4.51. The molecule has 1 aliphatic heterocycles. The average molecular weight is 538 g/mol. The second-order valence-electron chi connectivity index (χ2n) is 9.41. The van der Waals surface area contributed by atoms with E-state index in [1.54, 1.807) is 25.2 Å². The summed E-state index contributed by atoms with van der Waals surface area (Å²) in [5.74, 6) is -0.0627. The number of fused-ring (bicyclic) bond motifs is 1. The number of piperazine rings is 1. The van der Waals surface area contributed by atoms with Gasteiger partial charge in [0.15, 0.2) is 5.82 Å². The summed E-state index contributed by atoms with van der Waals surface area (Å²) in [7, 11) is 1.58. The van der Waals surface area contributed by atoms with Gasteiger partial charge in [-0.2, -0.15) is 23.4 Å². The molecule has 1 aliphatic rings. The van der Waals surface area contributed by atoms with Gasteiger partial charge >= 0.3 is 11.9 Å². The molecule has 39 heavy (non-hydrogen) atoms. The maximum atomic E-state index is 13.7. The molecule has 0 N–H and O–H groups in total. The molecule has 0 amide bonds. The largest absolute Gasteiger partial charge is 0.417 e. The van der Waals surface area contributed by atoms with Gasteiger partial charge in [-0.05, 0) is 48.9 Å². The first kappa shape index (κ1) is 26.2. The summed E-state index contributed by atoms with van der Waals surface area (Å²) in [6.45, 7) is 3.22. The third-order valence-electron chi connectivity index (χ3n) is 6.93. The molecule has 4 heterocycles. The fourth-order valence-corrected chi connectivity index (χ4v) is 4.95. The van der Waals surface area contributed by atoms with E-state index in [-0.39, 0.29) is 11.7 Å². The van der Waals surface area contributed by atoms with Crippen LogP contribution in [-0.4, -0.2) is 50.1 Å². The average Bonchev–Trinajstić information content (AvgIpc) is 2.92. The fraction of sp³-hybridized carbons (Fsp3) is 0.296. The van der Waals surface area contributed by atoms with Gasteiger partial charge < -0.3 is 4.90 Å². The van der Waals surface area contributed by atoms with Crippen LogP contribution in [0.15, 0.2) is 59.5 Å². The van der Waals surface area contributed by atoms with Crippen molar-refractivity contribution in [2.24, 2.45) is 7.05 Å². The number of alkyl halides is 3. The van der Waals surface area contributed by atoms with Crippen molar-refractivity contribution in [2.75, 3.05) is 24.5 Å². The zero-order valence-corrected chi connectivity index (χ0v) is 21.0. The summed E-state index contributed by atoms with van der Waals surface area (Å²) in [4.78, 5) is 29.4. The van der Waals surface area contributed by atoms with Gasteiger partial charge in [0.2, 0.25) is 0 Å². The molecule has 2 unspecified atom stereocenters. The third kappa shape index (κ3) is 5.05. The van der Waals surface area contributed by atoms with E-state index in [2.05, 4.69) is 19.9 Å². The number of nitrogens with zero attached hydrogens (tertiary/aromatic N) is 7. The highest BCUT2D eigenvalue weighted by Crippen LogP contribution is 2.34. The quantitative estimate of drug-likeness (QED) is 0.363. The van der Waals surface area contributed by atoms with Crippen LogP contribution in [0.3, 0.4) is 0 Å². The molecule has 1 saturated heterocycles. The van der Waals surface area contributed by atoms with Gasteiger partial charge in [-0.1, -0.05) is 12.1 Å². The molecular weight excluding hydrogens is 514 g/mol. The molecule has 4 aromatic rings. The number of nitriles is 1. The van der Waals surface area contributed by atoms with Crippen LogP contribution in [0.1, 0.15) is 35.5 Å². The first-order chi connectivity index (χ1) is 18.6. The van der Waals surface area contributed by atoms with Crippen molar-refractivity contribution in [2.45, 2.75) is 25.2 Å². The summed E-state index contributed by atoms with van der Waals surface area (Å²) in [6, 6.07) is 12.6. The van der Waals surface area contributed by atoms with Gasteiger partial charge in [0, 0.05) is 38.9 Å². The summed E-state index contributed by atoms with van der Waals surface area (Å²) in [5.41, 5.74) is 0.925. The van der Waals surface area contributed by atoms with Crippen molar-refractivity contribution in [3.8, 4) is 6.07 Å². The van der Waals surface area contributed by atoms with Gasteiger partial charge in [-0.15, -0.1) is 0 Å². The topological polar surface area (TPSA) is 90.9 Å². The number of aryl methyl sites for hydroxylation is 1. The Morgan fingerprint density at radius 2 is 1.79 bits per heavy atom. The Kier molecular flexibility index (Phi) is 6.78. The zero-order valence-electron chi connectivity index (χ0n) is 21.0. The Morgan fingerprint density at radius 3 is 2.41 bits per heavy atom. The van der Waals surface area contributed by atoms with Gasteiger partial charge in [0.25, 0.3) is 0 Å². The lowest BCUT2D eigenvalue weighted by molar-refractivity contribution is -0.137. The number of hydrogen-bond donors (Lipinski definition) is 0. The van der Waals surface area contributed by atoms with Crippen LogP contribution < -0.4 is 10.6 Å². The Morgan fingerprint density at radius 1 is 1.05 bits per heavy atom. The lowest BCUT2D eigenvalue weighted by Gasteiger charge is -2.43. The second kappa shape index (κ2) is 10.1. The molecule has 1 fully saturated rings. The van der Waals surface area contributed by atoms with Crippen LogP contribution in [-0.2, 0) is 13.2 Å². The van der Waals surface area contributed by atoms with Gasteiger partial charge in [-0.3, -0.25) is 14.5 Å². The van der Waals surface area contributed by atoms with Crippen LogP contribution in [0.5, 0.6) is 0 Å². The first-order valence-electron chi connectivity index (χ1n) is 12.1. The van der Waals surface area contributed by atoms with Crippen molar-refractivity contribution in [1.29, 1.82) is 5.26 Å². The predicted octanol–water partition coefficient (Wildman–Crippen LogP) is 4.05. The predicted molar refractivity (Wildman–Crippen MR) is 135 cm³/mol. The highest BCUT2D eigenvalue weighted by molar-refractivity contribution is 5.86. The molecule has 0 spiro atoms. The molecule has 0 radical (unpaired) electrons. The zero-order chi connectivity index (χ0) is 27.9. The Bertz CT molecular complexity index is 1610. The van der Waals surface area contributed by atoms with E-state index in [1.165, 1.54) is 28.8 Å². The van der Waals surface area contributed by atoms with Crippen LogP contribution in [0.4, 0.5) is 23.4 Å². The lowest BCUT2D eigenvalue weighted by atomic mass is 9.98. The van der Waals surface area contributed by atoms with Crippen molar-refractivity contribution < 1.29 is 17.6 Å². The van der Waals surface area contributed by atoms with E-state index >= 15 is 0 Å². The van der Waals surface area contributed by atoms with Gasteiger partial charge in [-0.25, -0.2) is 14.2 Å². The SMILES string of the molecule is CC1CN(C(c2ccc(F)cc2)c2ccc(C(F)(F)F)cn2)CCN1c1nc(=O)n(C)c2ccc(C#N)nc12. The maximum absolute atomic E-state index is 13.7. The third-order valence-corrected chi connectivity index (χ3v) is 6.93. The highest BCUT2D eigenvalue weighted by Gasteiger charge is 2.35. The number of anilines is 1. The molecule has 0 bridgehead atoms.